The van der Waals surface area contributed by atoms with Crippen LogP contribution in [0.2, 0.25) is 0 Å². The summed E-state index contributed by atoms with van der Waals surface area (Å²) in [6.45, 7) is 0.975. The van der Waals surface area contributed by atoms with E-state index in [1.165, 1.54) is 54.9 Å². The molecule has 1 heterocycles. The molecule has 1 N–H and O–H groups in total. The van der Waals surface area contributed by atoms with E-state index in [0.29, 0.717) is 24.6 Å². The Kier molecular flexibility index (Phi) is 5.82. The van der Waals surface area contributed by atoms with E-state index in [9.17, 15) is 16.8 Å². The number of hydrogen-bond acceptors (Lipinski definition) is 6. The molecule has 0 aromatic heterocycles. The Balaban J connectivity index is 1.85. The first-order valence-electron chi connectivity index (χ1n) is 8.62. The van der Waals surface area contributed by atoms with E-state index in [0.717, 1.165) is 12.8 Å². The molecule has 28 heavy (non-hydrogen) atoms. The Bertz CT molecular complexity index is 1020. The third kappa shape index (κ3) is 4.23. The smallest absolute Gasteiger partial charge is 0.261 e. The summed E-state index contributed by atoms with van der Waals surface area (Å²) in [5, 5.41) is 0. The van der Waals surface area contributed by atoms with E-state index in [-0.39, 0.29) is 15.5 Å². The number of hydrogen-bond donors (Lipinski definition) is 1. The lowest BCUT2D eigenvalue weighted by molar-refractivity contribution is 0.395. The fourth-order valence-electron chi connectivity index (χ4n) is 2.95. The van der Waals surface area contributed by atoms with Crippen molar-refractivity contribution in [3.05, 3.63) is 42.5 Å². The maximum Gasteiger partial charge on any atom is 0.261 e. The van der Waals surface area contributed by atoms with Gasteiger partial charge in [0.05, 0.1) is 29.7 Å². The molecule has 1 aliphatic heterocycles. The Labute approximate surface area is 165 Å². The molecule has 1 saturated heterocycles. The predicted molar refractivity (Wildman–Crippen MR) is 105 cm³/mol. The zero-order valence-corrected chi connectivity index (χ0v) is 17.2. The highest BCUT2D eigenvalue weighted by atomic mass is 32.2. The zero-order chi connectivity index (χ0) is 20.4. The highest BCUT2D eigenvalue weighted by Crippen LogP contribution is 2.28. The highest BCUT2D eigenvalue weighted by molar-refractivity contribution is 7.92. The molecule has 1 fully saturated rings. The van der Waals surface area contributed by atoms with E-state index < -0.39 is 20.0 Å². The van der Waals surface area contributed by atoms with Crippen LogP contribution in [0.4, 0.5) is 5.69 Å². The number of anilines is 1. The summed E-state index contributed by atoms with van der Waals surface area (Å²) in [6.07, 6.45) is 1.67. The SMILES string of the molecule is COc1cc(NS(=O)(=O)c2ccc(S(=O)(=O)N3CCCC3)cc2)cc(OC)c1. The van der Waals surface area contributed by atoms with Crippen molar-refractivity contribution in [3.8, 4) is 11.5 Å². The van der Waals surface area contributed by atoms with Gasteiger partial charge in [0.2, 0.25) is 10.0 Å². The number of nitrogens with one attached hydrogen (secondary N) is 1. The molecule has 3 rings (SSSR count). The first-order chi connectivity index (χ1) is 13.3. The Morgan fingerprint density at radius 1 is 0.821 bits per heavy atom. The molecule has 0 radical (unpaired) electrons. The van der Waals surface area contributed by atoms with Gasteiger partial charge in [-0.15, -0.1) is 0 Å². The van der Waals surface area contributed by atoms with Crippen molar-refractivity contribution >= 4 is 25.7 Å². The average Bonchev–Trinajstić information content (AvgIpc) is 3.23. The molecule has 0 saturated carbocycles. The minimum atomic E-state index is -3.91. The summed E-state index contributed by atoms with van der Waals surface area (Å²) >= 11 is 0. The van der Waals surface area contributed by atoms with Crippen LogP contribution < -0.4 is 14.2 Å². The van der Waals surface area contributed by atoms with Crippen molar-refractivity contribution in [2.75, 3.05) is 32.0 Å². The van der Waals surface area contributed by atoms with E-state index in [1.54, 1.807) is 6.07 Å². The second kappa shape index (κ2) is 7.98. The molecule has 2 aromatic rings. The molecule has 0 aliphatic carbocycles. The van der Waals surface area contributed by atoms with Gasteiger partial charge in [-0.05, 0) is 37.1 Å². The second-order valence-electron chi connectivity index (χ2n) is 6.29. The molecule has 0 spiro atoms. The normalized spacial score (nSPS) is 15.4. The third-order valence-corrected chi connectivity index (χ3v) is 7.75. The average molecular weight is 427 g/mol. The largest absolute Gasteiger partial charge is 0.497 e. The van der Waals surface area contributed by atoms with Crippen molar-refractivity contribution in [2.24, 2.45) is 0 Å². The van der Waals surface area contributed by atoms with Crippen molar-refractivity contribution < 1.29 is 26.3 Å². The van der Waals surface area contributed by atoms with E-state index in [4.69, 9.17) is 9.47 Å². The maximum absolute atomic E-state index is 12.7. The quantitative estimate of drug-likeness (QED) is 0.729. The third-order valence-electron chi connectivity index (χ3n) is 4.44. The van der Waals surface area contributed by atoms with Gasteiger partial charge in [-0.25, -0.2) is 16.8 Å². The number of nitrogens with zero attached hydrogens (tertiary/aromatic N) is 1. The van der Waals surface area contributed by atoms with Crippen LogP contribution in [0.3, 0.4) is 0 Å². The monoisotopic (exact) mass is 426 g/mol. The summed E-state index contributed by atoms with van der Waals surface area (Å²) < 4.78 is 64.6. The topological polar surface area (TPSA) is 102 Å². The summed E-state index contributed by atoms with van der Waals surface area (Å²) in [5.74, 6) is 0.869. The molecular weight excluding hydrogens is 404 g/mol. The molecule has 0 atom stereocenters. The van der Waals surface area contributed by atoms with E-state index >= 15 is 0 Å². The van der Waals surface area contributed by atoms with Crippen LogP contribution in [-0.4, -0.2) is 48.4 Å². The van der Waals surface area contributed by atoms with E-state index in [1.807, 2.05) is 0 Å². The Hall–Kier alpha value is -2.30. The summed E-state index contributed by atoms with van der Waals surface area (Å²) in [5.41, 5.74) is 0.268. The number of methoxy groups -OCH3 is 2. The Morgan fingerprint density at radius 3 is 1.82 bits per heavy atom. The molecule has 10 heteroatoms. The van der Waals surface area contributed by atoms with Gasteiger partial charge < -0.3 is 9.47 Å². The number of sulfonamides is 2. The van der Waals surface area contributed by atoms with Crippen LogP contribution in [0.1, 0.15) is 12.8 Å². The first-order valence-corrected chi connectivity index (χ1v) is 11.5. The Morgan fingerprint density at radius 2 is 1.32 bits per heavy atom. The molecule has 0 unspecified atom stereocenters. The highest BCUT2D eigenvalue weighted by Gasteiger charge is 2.27. The summed E-state index contributed by atoms with van der Waals surface area (Å²) in [4.78, 5) is 0.0334. The number of ether oxygens (including phenoxy) is 2. The van der Waals surface area contributed by atoms with Gasteiger partial charge in [0, 0.05) is 31.3 Å². The lowest BCUT2D eigenvalue weighted by atomic mass is 10.3. The van der Waals surface area contributed by atoms with Crippen LogP contribution in [-0.2, 0) is 20.0 Å². The van der Waals surface area contributed by atoms with Crippen LogP contribution in [0.25, 0.3) is 0 Å². The molecule has 0 bridgehead atoms. The van der Waals surface area contributed by atoms with Gasteiger partial charge in [-0.2, -0.15) is 4.31 Å². The van der Waals surface area contributed by atoms with Crippen LogP contribution in [0, 0.1) is 0 Å². The maximum atomic E-state index is 12.7. The second-order valence-corrected chi connectivity index (χ2v) is 9.91. The fourth-order valence-corrected chi connectivity index (χ4v) is 5.51. The molecule has 1 aliphatic rings. The molecular formula is C18H22N2O6S2. The lowest BCUT2D eigenvalue weighted by Crippen LogP contribution is -2.27. The molecule has 152 valence electrons. The standard InChI is InChI=1S/C18H22N2O6S2/c1-25-15-11-14(12-16(13-15)26-2)19-27(21,22)17-5-7-18(8-6-17)28(23,24)20-9-3-4-10-20/h5-8,11-13,19H,3-4,9-10H2,1-2H3. The summed E-state index contributed by atoms with van der Waals surface area (Å²) in [6, 6.07) is 9.85. The number of rotatable bonds is 7. The van der Waals surface area contributed by atoms with Crippen LogP contribution in [0.5, 0.6) is 11.5 Å². The van der Waals surface area contributed by atoms with Crippen molar-refractivity contribution in [1.82, 2.24) is 4.31 Å². The number of benzene rings is 2. The van der Waals surface area contributed by atoms with Gasteiger partial charge in [0.1, 0.15) is 11.5 Å². The molecule has 2 aromatic carbocycles. The van der Waals surface area contributed by atoms with Gasteiger partial charge in [0.25, 0.3) is 10.0 Å². The van der Waals surface area contributed by atoms with Gasteiger partial charge in [-0.1, -0.05) is 0 Å². The minimum Gasteiger partial charge on any atom is -0.497 e. The minimum absolute atomic E-state index is 0.0466. The van der Waals surface area contributed by atoms with Crippen LogP contribution >= 0.6 is 0 Å². The lowest BCUT2D eigenvalue weighted by Gasteiger charge is -2.16. The summed E-state index contributed by atoms with van der Waals surface area (Å²) in [7, 11) is -4.58. The van der Waals surface area contributed by atoms with Crippen molar-refractivity contribution in [2.45, 2.75) is 22.6 Å². The predicted octanol–water partition coefficient (Wildman–Crippen LogP) is 2.29. The molecule has 0 amide bonds. The van der Waals surface area contributed by atoms with Gasteiger partial charge in [-0.3, -0.25) is 4.72 Å². The first kappa shape index (κ1) is 20.4. The van der Waals surface area contributed by atoms with Crippen molar-refractivity contribution in [1.29, 1.82) is 0 Å². The molecule has 8 nitrogen and oxygen atoms in total. The fraction of sp³-hybridized carbons (Fsp3) is 0.333. The zero-order valence-electron chi connectivity index (χ0n) is 15.6. The van der Waals surface area contributed by atoms with Crippen LogP contribution in [0.15, 0.2) is 52.3 Å². The van der Waals surface area contributed by atoms with Gasteiger partial charge in [0.15, 0.2) is 0 Å². The van der Waals surface area contributed by atoms with Crippen molar-refractivity contribution in [3.63, 3.8) is 0 Å². The van der Waals surface area contributed by atoms with Gasteiger partial charge >= 0.3 is 0 Å². The van der Waals surface area contributed by atoms with E-state index in [2.05, 4.69) is 4.72 Å².